The fraction of sp³-hybridized carbons (Fsp3) is 0.0556. The van der Waals surface area contributed by atoms with Crippen LogP contribution in [0.15, 0.2) is 30.5 Å². The van der Waals surface area contributed by atoms with Crippen molar-refractivity contribution in [1.29, 1.82) is 0 Å². The van der Waals surface area contributed by atoms with Gasteiger partial charge in [0.25, 0.3) is 5.91 Å². The van der Waals surface area contributed by atoms with Gasteiger partial charge in [0.1, 0.15) is 17.8 Å². The summed E-state index contributed by atoms with van der Waals surface area (Å²) in [6.45, 7) is -0.284. The van der Waals surface area contributed by atoms with E-state index in [9.17, 15) is 4.79 Å². The first-order chi connectivity index (χ1) is 12.6. The summed E-state index contributed by atoms with van der Waals surface area (Å²) in [6, 6.07) is 7.13. The van der Waals surface area contributed by atoms with Crippen LogP contribution in [0.5, 0.6) is 0 Å². The number of aliphatic hydroxyl groups is 1. The number of carbonyl (C=O) groups excluding carboxylic acids is 1. The Morgan fingerprint density at radius 1 is 1.19 bits per heavy atom. The number of nitrogens with one attached hydrogen (secondary N) is 2. The molecule has 0 saturated carbocycles. The Balaban J connectivity index is 2.06. The van der Waals surface area contributed by atoms with E-state index in [1.54, 1.807) is 18.3 Å². The second-order valence-corrected chi connectivity index (χ2v) is 5.74. The molecule has 0 aliphatic rings. The van der Waals surface area contributed by atoms with E-state index in [1.165, 1.54) is 0 Å². The molecule has 0 radical (unpaired) electrons. The Bertz CT molecular complexity index is 1230. The van der Waals surface area contributed by atoms with Gasteiger partial charge in [-0.3, -0.25) is 15.0 Å². The average molecular weight is 346 g/mol. The number of nitrogens with zero attached hydrogens (tertiary/aromatic N) is 2. The van der Waals surface area contributed by atoms with Crippen molar-refractivity contribution in [3.8, 4) is 23.0 Å². The molecule has 128 valence electrons. The minimum absolute atomic E-state index is 0.268. The number of nitrogen functional groups attached to an aromatic ring is 1. The van der Waals surface area contributed by atoms with Crippen molar-refractivity contribution in [2.45, 2.75) is 0 Å². The van der Waals surface area contributed by atoms with E-state index in [2.05, 4.69) is 32.2 Å². The number of hydrogen-bond donors (Lipinski definition) is 5. The third kappa shape index (κ3) is 2.44. The molecule has 0 spiro atoms. The molecule has 0 saturated heterocycles. The van der Waals surface area contributed by atoms with Crippen LogP contribution < -0.4 is 11.5 Å². The van der Waals surface area contributed by atoms with E-state index >= 15 is 0 Å². The summed E-state index contributed by atoms with van der Waals surface area (Å²) < 4.78 is 0. The number of anilines is 1. The third-order valence-corrected chi connectivity index (χ3v) is 4.11. The van der Waals surface area contributed by atoms with Crippen molar-refractivity contribution in [3.63, 3.8) is 0 Å². The van der Waals surface area contributed by atoms with E-state index in [-0.39, 0.29) is 12.2 Å². The van der Waals surface area contributed by atoms with Gasteiger partial charge in [0.05, 0.1) is 17.3 Å². The largest absolute Gasteiger partial charge is 0.399 e. The molecule has 0 aliphatic carbocycles. The summed E-state index contributed by atoms with van der Waals surface area (Å²) in [4.78, 5) is 12.0. The quantitative estimate of drug-likeness (QED) is 0.273. The first-order valence-corrected chi connectivity index (χ1v) is 7.73. The standard InChI is InChI=1S/C18H14N6O2/c19-10-6-11(14-8-21-22-16(14)7-10)9-4-12-15(2-1-3-25)23-24-17(12)13(5-9)18(20)26/h4-8,25H,3,19H2,(H2,20,26)(H,21,22)(H,23,24). The van der Waals surface area contributed by atoms with Gasteiger partial charge in [-0.15, -0.1) is 0 Å². The van der Waals surface area contributed by atoms with Gasteiger partial charge in [-0.1, -0.05) is 5.92 Å². The zero-order valence-corrected chi connectivity index (χ0v) is 13.5. The predicted molar refractivity (Wildman–Crippen MR) is 98.1 cm³/mol. The summed E-state index contributed by atoms with van der Waals surface area (Å²) in [6.07, 6.45) is 1.69. The lowest BCUT2D eigenvalue weighted by atomic mass is 9.96. The molecule has 0 unspecified atom stereocenters. The Labute approximate surface area is 147 Å². The second-order valence-electron chi connectivity index (χ2n) is 5.74. The van der Waals surface area contributed by atoms with Crippen molar-refractivity contribution in [2.75, 3.05) is 12.3 Å². The molecule has 2 aromatic heterocycles. The van der Waals surface area contributed by atoms with Crippen LogP contribution in [0.4, 0.5) is 5.69 Å². The Morgan fingerprint density at radius 3 is 2.81 bits per heavy atom. The van der Waals surface area contributed by atoms with Gasteiger partial charge in [-0.2, -0.15) is 10.2 Å². The van der Waals surface area contributed by atoms with Gasteiger partial charge in [0.2, 0.25) is 0 Å². The van der Waals surface area contributed by atoms with E-state index in [0.717, 1.165) is 22.0 Å². The van der Waals surface area contributed by atoms with Crippen molar-refractivity contribution < 1.29 is 9.90 Å². The van der Waals surface area contributed by atoms with E-state index in [0.29, 0.717) is 22.3 Å². The van der Waals surface area contributed by atoms with E-state index in [4.69, 9.17) is 16.6 Å². The minimum atomic E-state index is -0.600. The molecule has 0 bridgehead atoms. The molecular weight excluding hydrogens is 332 g/mol. The number of amides is 1. The van der Waals surface area contributed by atoms with Crippen LogP contribution in [0.1, 0.15) is 16.1 Å². The number of benzene rings is 2. The van der Waals surface area contributed by atoms with Crippen LogP contribution in [-0.2, 0) is 0 Å². The summed E-state index contributed by atoms with van der Waals surface area (Å²) >= 11 is 0. The zero-order valence-electron chi connectivity index (χ0n) is 13.5. The monoisotopic (exact) mass is 346 g/mol. The molecule has 4 aromatic rings. The highest BCUT2D eigenvalue weighted by atomic mass is 16.2. The lowest BCUT2D eigenvalue weighted by molar-refractivity contribution is 0.100. The lowest BCUT2D eigenvalue weighted by Crippen LogP contribution is -2.11. The minimum Gasteiger partial charge on any atom is -0.399 e. The third-order valence-electron chi connectivity index (χ3n) is 4.11. The molecule has 0 atom stereocenters. The van der Waals surface area contributed by atoms with Crippen molar-refractivity contribution in [3.05, 3.63) is 41.7 Å². The van der Waals surface area contributed by atoms with Crippen LogP contribution in [0, 0.1) is 11.8 Å². The van der Waals surface area contributed by atoms with Gasteiger partial charge in [0, 0.05) is 16.5 Å². The van der Waals surface area contributed by atoms with E-state index < -0.39 is 5.91 Å². The zero-order chi connectivity index (χ0) is 18.3. The molecule has 0 aliphatic heterocycles. The number of rotatable bonds is 2. The van der Waals surface area contributed by atoms with Gasteiger partial charge >= 0.3 is 0 Å². The number of hydrogen-bond acceptors (Lipinski definition) is 5. The number of carbonyl (C=O) groups is 1. The van der Waals surface area contributed by atoms with Crippen molar-refractivity contribution in [1.82, 2.24) is 20.4 Å². The highest BCUT2D eigenvalue weighted by Crippen LogP contribution is 2.34. The fourth-order valence-corrected chi connectivity index (χ4v) is 3.00. The highest BCUT2D eigenvalue weighted by Gasteiger charge is 2.17. The molecule has 0 fully saturated rings. The Hall–Kier alpha value is -3.83. The number of aliphatic hydroxyl groups excluding tert-OH is 1. The SMILES string of the molecule is NC(=O)c1cc(-c2cc(N)cc3[nH]ncc23)cc2c(C#CCO)[nH]nc12. The van der Waals surface area contributed by atoms with Crippen LogP contribution in [0.25, 0.3) is 32.9 Å². The van der Waals surface area contributed by atoms with Gasteiger partial charge in [0.15, 0.2) is 0 Å². The molecule has 2 heterocycles. The van der Waals surface area contributed by atoms with Crippen LogP contribution in [0.3, 0.4) is 0 Å². The number of primary amides is 1. The van der Waals surface area contributed by atoms with Crippen molar-refractivity contribution in [2.24, 2.45) is 5.73 Å². The fourth-order valence-electron chi connectivity index (χ4n) is 3.00. The van der Waals surface area contributed by atoms with E-state index in [1.807, 2.05) is 12.1 Å². The highest BCUT2D eigenvalue weighted by molar-refractivity contribution is 6.09. The molecule has 4 rings (SSSR count). The van der Waals surface area contributed by atoms with Crippen LogP contribution in [-0.4, -0.2) is 38.0 Å². The number of aromatic nitrogens is 4. The molecule has 7 N–H and O–H groups in total. The molecule has 8 heteroatoms. The lowest BCUT2D eigenvalue weighted by Gasteiger charge is -2.08. The summed E-state index contributed by atoms with van der Waals surface area (Å²) in [5.74, 6) is 4.76. The van der Waals surface area contributed by atoms with Crippen LogP contribution in [0.2, 0.25) is 0 Å². The van der Waals surface area contributed by atoms with Crippen LogP contribution >= 0.6 is 0 Å². The van der Waals surface area contributed by atoms with Gasteiger partial charge < -0.3 is 16.6 Å². The maximum absolute atomic E-state index is 12.0. The Kier molecular flexibility index (Phi) is 3.57. The molecule has 1 amide bonds. The maximum atomic E-state index is 12.0. The Morgan fingerprint density at radius 2 is 2.04 bits per heavy atom. The first-order valence-electron chi connectivity index (χ1n) is 7.73. The molecule has 8 nitrogen and oxygen atoms in total. The molecule has 2 aromatic carbocycles. The first kappa shape index (κ1) is 15.7. The van der Waals surface area contributed by atoms with Gasteiger partial charge in [-0.05, 0) is 41.3 Å². The maximum Gasteiger partial charge on any atom is 0.251 e. The number of aromatic amines is 2. The topological polar surface area (TPSA) is 147 Å². The summed E-state index contributed by atoms with van der Waals surface area (Å²) in [5.41, 5.74) is 15.6. The second kappa shape index (κ2) is 5.91. The van der Waals surface area contributed by atoms with Crippen molar-refractivity contribution >= 4 is 33.4 Å². The number of H-pyrrole nitrogens is 2. The number of nitrogens with two attached hydrogens (primary N) is 2. The summed E-state index contributed by atoms with van der Waals surface area (Å²) in [7, 11) is 0. The summed E-state index contributed by atoms with van der Waals surface area (Å²) in [5, 5.41) is 24.3. The van der Waals surface area contributed by atoms with Gasteiger partial charge in [-0.25, -0.2) is 0 Å². The predicted octanol–water partition coefficient (Wildman–Crippen LogP) is 1.13. The average Bonchev–Trinajstić information content (AvgIpc) is 3.24. The molecular formula is C18H14N6O2. The normalized spacial score (nSPS) is 10.8. The molecule has 26 heavy (non-hydrogen) atoms. The smallest absolute Gasteiger partial charge is 0.251 e. The number of fused-ring (bicyclic) bond motifs is 2.